The number of hydrogen-bond donors (Lipinski definition) is 0. The van der Waals surface area contributed by atoms with Gasteiger partial charge in [0.1, 0.15) is 0 Å². The molecule has 2 aliphatic heterocycles. The van der Waals surface area contributed by atoms with E-state index in [4.69, 9.17) is 4.74 Å². The third kappa shape index (κ3) is 3.20. The maximum atomic E-state index is 12.5. The topological polar surface area (TPSA) is 47.4 Å². The van der Waals surface area contributed by atoms with Gasteiger partial charge in [-0.1, -0.05) is 0 Å². The third-order valence-corrected chi connectivity index (χ3v) is 4.33. The lowest BCUT2D eigenvalue weighted by atomic mass is 10.0. The third-order valence-electron chi connectivity index (χ3n) is 4.33. The number of likely N-dealkylation sites (tertiary alicyclic amines) is 1. The van der Waals surface area contributed by atoms with Gasteiger partial charge in [0.2, 0.25) is 5.91 Å². The molecule has 5 heteroatoms. The number of carbonyl (C=O) groups is 1. The summed E-state index contributed by atoms with van der Waals surface area (Å²) in [5.74, 6) is 0.258. The van der Waals surface area contributed by atoms with Crippen LogP contribution in [0.5, 0.6) is 0 Å². The van der Waals surface area contributed by atoms with E-state index in [0.29, 0.717) is 6.42 Å². The molecule has 1 amide bonds. The van der Waals surface area contributed by atoms with Crippen LogP contribution < -0.4 is 0 Å². The van der Waals surface area contributed by atoms with Crippen LogP contribution in [0.2, 0.25) is 0 Å². The first-order chi connectivity index (χ1) is 9.83. The molecule has 2 atom stereocenters. The first kappa shape index (κ1) is 13.6. The van der Waals surface area contributed by atoms with Crippen LogP contribution in [0.4, 0.5) is 0 Å². The van der Waals surface area contributed by atoms with Gasteiger partial charge in [0.15, 0.2) is 0 Å². The number of aromatic nitrogens is 2. The van der Waals surface area contributed by atoms with Crippen molar-refractivity contribution in [2.75, 3.05) is 13.2 Å². The molecule has 0 radical (unpaired) electrons. The van der Waals surface area contributed by atoms with Crippen LogP contribution in [-0.2, 0) is 16.1 Å². The second-order valence-electron chi connectivity index (χ2n) is 5.80. The number of hydrogen-bond acceptors (Lipinski definition) is 3. The van der Waals surface area contributed by atoms with Gasteiger partial charge in [-0.3, -0.25) is 9.48 Å². The molecule has 20 heavy (non-hydrogen) atoms. The van der Waals surface area contributed by atoms with Crippen molar-refractivity contribution < 1.29 is 9.53 Å². The minimum absolute atomic E-state index is 0.148. The summed E-state index contributed by atoms with van der Waals surface area (Å²) < 4.78 is 7.52. The van der Waals surface area contributed by atoms with Gasteiger partial charge in [-0.05, 0) is 38.2 Å². The summed E-state index contributed by atoms with van der Waals surface area (Å²) in [5.41, 5.74) is 0. The van der Waals surface area contributed by atoms with Crippen LogP contribution in [0.25, 0.3) is 0 Å². The Morgan fingerprint density at radius 1 is 1.30 bits per heavy atom. The molecule has 0 aliphatic carbocycles. The first-order valence-corrected chi connectivity index (χ1v) is 7.71. The van der Waals surface area contributed by atoms with Gasteiger partial charge in [-0.25, -0.2) is 0 Å². The summed E-state index contributed by atoms with van der Waals surface area (Å²) in [7, 11) is 0. The Bertz CT molecular complexity index is 426. The highest BCUT2D eigenvalue weighted by atomic mass is 16.5. The minimum Gasteiger partial charge on any atom is -0.378 e. The van der Waals surface area contributed by atoms with Gasteiger partial charge in [-0.15, -0.1) is 0 Å². The predicted octanol–water partition coefficient (Wildman–Crippen LogP) is 1.83. The number of nitrogens with zero attached hydrogens (tertiary/aromatic N) is 3. The second kappa shape index (κ2) is 6.39. The van der Waals surface area contributed by atoms with E-state index in [0.717, 1.165) is 45.4 Å². The number of rotatable bonds is 4. The Morgan fingerprint density at radius 3 is 3.00 bits per heavy atom. The van der Waals surface area contributed by atoms with Crippen molar-refractivity contribution >= 4 is 5.91 Å². The molecule has 0 unspecified atom stereocenters. The summed E-state index contributed by atoms with van der Waals surface area (Å²) in [4.78, 5) is 14.6. The smallest absolute Gasteiger partial charge is 0.225 e. The van der Waals surface area contributed by atoms with Crippen LogP contribution in [0, 0.1) is 0 Å². The summed E-state index contributed by atoms with van der Waals surface area (Å²) >= 11 is 0. The Hall–Kier alpha value is -1.36. The van der Waals surface area contributed by atoms with Crippen molar-refractivity contribution in [3.8, 4) is 0 Å². The fourth-order valence-corrected chi connectivity index (χ4v) is 3.26. The Kier molecular flexibility index (Phi) is 4.35. The first-order valence-electron chi connectivity index (χ1n) is 7.71. The fourth-order valence-electron chi connectivity index (χ4n) is 3.26. The molecule has 110 valence electrons. The number of piperidine rings is 1. The largest absolute Gasteiger partial charge is 0.378 e. The molecule has 2 fully saturated rings. The molecule has 1 aromatic rings. The molecule has 1 aromatic heterocycles. The number of amides is 1. The van der Waals surface area contributed by atoms with E-state index in [-0.39, 0.29) is 18.1 Å². The maximum absolute atomic E-state index is 12.5. The van der Waals surface area contributed by atoms with Crippen LogP contribution in [0.1, 0.15) is 38.5 Å². The van der Waals surface area contributed by atoms with E-state index >= 15 is 0 Å². The quantitative estimate of drug-likeness (QED) is 0.843. The average Bonchev–Trinajstić information content (AvgIpc) is 3.13. The molecule has 0 N–H and O–H groups in total. The minimum atomic E-state index is 0.148. The molecular formula is C15H23N3O2. The molecule has 3 rings (SSSR count). The van der Waals surface area contributed by atoms with Gasteiger partial charge >= 0.3 is 0 Å². The van der Waals surface area contributed by atoms with E-state index in [1.807, 2.05) is 16.9 Å². The summed E-state index contributed by atoms with van der Waals surface area (Å²) in [6, 6.07) is 2.22. The summed E-state index contributed by atoms with van der Waals surface area (Å²) in [6.45, 7) is 2.51. The van der Waals surface area contributed by atoms with Crippen LogP contribution in [-0.4, -0.2) is 45.9 Å². The van der Waals surface area contributed by atoms with E-state index < -0.39 is 0 Å². The van der Waals surface area contributed by atoms with Crippen molar-refractivity contribution in [2.24, 2.45) is 0 Å². The van der Waals surface area contributed by atoms with Gasteiger partial charge in [0, 0.05) is 25.5 Å². The van der Waals surface area contributed by atoms with E-state index in [2.05, 4.69) is 10.00 Å². The SMILES string of the molecule is O=C(C[C@H]1CCCO1)N1CCCC[C@H]1Cn1cccn1. The van der Waals surface area contributed by atoms with E-state index in [9.17, 15) is 4.79 Å². The van der Waals surface area contributed by atoms with Gasteiger partial charge in [0.25, 0.3) is 0 Å². The van der Waals surface area contributed by atoms with E-state index in [1.54, 1.807) is 6.20 Å². The molecule has 5 nitrogen and oxygen atoms in total. The average molecular weight is 277 g/mol. The number of ether oxygens (including phenoxy) is 1. The number of carbonyl (C=O) groups excluding carboxylic acids is 1. The molecule has 0 aromatic carbocycles. The maximum Gasteiger partial charge on any atom is 0.225 e. The summed E-state index contributed by atoms with van der Waals surface area (Å²) in [5, 5.41) is 4.26. The second-order valence-corrected chi connectivity index (χ2v) is 5.80. The van der Waals surface area contributed by atoms with Gasteiger partial charge in [-0.2, -0.15) is 5.10 Å². The molecule has 2 aliphatic rings. The molecule has 0 bridgehead atoms. The molecule has 3 heterocycles. The fraction of sp³-hybridized carbons (Fsp3) is 0.733. The lowest BCUT2D eigenvalue weighted by Gasteiger charge is -2.36. The molecule has 2 saturated heterocycles. The Labute approximate surface area is 119 Å². The van der Waals surface area contributed by atoms with Gasteiger partial charge < -0.3 is 9.64 Å². The highest BCUT2D eigenvalue weighted by Crippen LogP contribution is 2.22. The molecule has 0 spiro atoms. The zero-order chi connectivity index (χ0) is 13.8. The van der Waals surface area contributed by atoms with Crippen molar-refractivity contribution in [1.29, 1.82) is 0 Å². The zero-order valence-electron chi connectivity index (χ0n) is 11.9. The Morgan fingerprint density at radius 2 is 2.25 bits per heavy atom. The zero-order valence-corrected chi connectivity index (χ0v) is 11.9. The lowest BCUT2D eigenvalue weighted by Crippen LogP contribution is -2.46. The van der Waals surface area contributed by atoms with Crippen molar-refractivity contribution in [3.05, 3.63) is 18.5 Å². The van der Waals surface area contributed by atoms with E-state index in [1.165, 1.54) is 6.42 Å². The van der Waals surface area contributed by atoms with Crippen molar-refractivity contribution in [3.63, 3.8) is 0 Å². The predicted molar refractivity (Wildman–Crippen MR) is 75.2 cm³/mol. The van der Waals surface area contributed by atoms with Crippen LogP contribution in [0.3, 0.4) is 0 Å². The van der Waals surface area contributed by atoms with Crippen molar-refractivity contribution in [1.82, 2.24) is 14.7 Å². The highest BCUT2D eigenvalue weighted by molar-refractivity contribution is 5.77. The van der Waals surface area contributed by atoms with Crippen LogP contribution in [0.15, 0.2) is 18.5 Å². The highest BCUT2D eigenvalue weighted by Gasteiger charge is 2.29. The van der Waals surface area contributed by atoms with Crippen LogP contribution >= 0.6 is 0 Å². The van der Waals surface area contributed by atoms with Gasteiger partial charge in [0.05, 0.1) is 25.1 Å². The Balaban J connectivity index is 1.60. The summed E-state index contributed by atoms with van der Waals surface area (Å²) in [6.07, 6.45) is 9.99. The normalized spacial score (nSPS) is 26.9. The lowest BCUT2D eigenvalue weighted by molar-refractivity contribution is -0.137. The molecular weight excluding hydrogens is 254 g/mol. The van der Waals surface area contributed by atoms with Crippen molar-refractivity contribution in [2.45, 2.75) is 57.2 Å². The monoisotopic (exact) mass is 277 g/mol. The standard InChI is InChI=1S/C15H23N3O2/c19-15(11-14-6-3-10-20-14)18-9-2-1-5-13(18)12-17-8-4-7-16-17/h4,7-8,13-14H,1-3,5-6,9-12H2/t13-,14+/m0/s1. The molecule has 0 saturated carbocycles.